The van der Waals surface area contributed by atoms with Crippen molar-refractivity contribution in [3.8, 4) is 11.5 Å². The first-order valence-electron chi connectivity index (χ1n) is 9.31. The SMILES string of the molecule is CN(C)CCNC(=O)CC(=O)N1CCN(Cc2ccc3c(c2)OCO3)CC1. The summed E-state index contributed by atoms with van der Waals surface area (Å²) in [6.07, 6.45) is -0.0738. The first-order chi connectivity index (χ1) is 13.0. The Morgan fingerprint density at radius 2 is 1.85 bits per heavy atom. The van der Waals surface area contributed by atoms with E-state index in [1.165, 1.54) is 5.56 Å². The minimum Gasteiger partial charge on any atom is -0.454 e. The predicted octanol–water partition coefficient (Wildman–Crippen LogP) is 0.127. The molecule has 2 amide bonds. The number of fused-ring (bicyclic) bond motifs is 1. The third kappa shape index (κ3) is 5.58. The zero-order valence-corrected chi connectivity index (χ0v) is 16.1. The van der Waals surface area contributed by atoms with Crippen LogP contribution in [0.15, 0.2) is 18.2 Å². The first-order valence-corrected chi connectivity index (χ1v) is 9.31. The minimum atomic E-state index is -0.204. The van der Waals surface area contributed by atoms with Gasteiger partial charge >= 0.3 is 0 Å². The van der Waals surface area contributed by atoms with Crippen LogP contribution in [0, 0.1) is 0 Å². The fourth-order valence-electron chi connectivity index (χ4n) is 3.18. The van der Waals surface area contributed by atoms with E-state index < -0.39 is 0 Å². The molecule has 1 fully saturated rings. The smallest absolute Gasteiger partial charge is 0.232 e. The van der Waals surface area contributed by atoms with Gasteiger partial charge in [0, 0.05) is 45.8 Å². The largest absolute Gasteiger partial charge is 0.454 e. The zero-order valence-electron chi connectivity index (χ0n) is 16.1. The monoisotopic (exact) mass is 376 g/mol. The summed E-state index contributed by atoms with van der Waals surface area (Å²) in [6, 6.07) is 5.99. The summed E-state index contributed by atoms with van der Waals surface area (Å²) in [5, 5.41) is 2.79. The lowest BCUT2D eigenvalue weighted by Gasteiger charge is -2.34. The fourth-order valence-corrected chi connectivity index (χ4v) is 3.18. The van der Waals surface area contributed by atoms with E-state index >= 15 is 0 Å². The summed E-state index contributed by atoms with van der Waals surface area (Å²) >= 11 is 0. The highest BCUT2D eigenvalue weighted by Gasteiger charge is 2.23. The number of hydrogen-bond donors (Lipinski definition) is 1. The number of carbonyl (C=O) groups excluding carboxylic acids is 2. The molecule has 0 atom stereocenters. The van der Waals surface area contributed by atoms with Gasteiger partial charge in [0.1, 0.15) is 6.42 Å². The van der Waals surface area contributed by atoms with Crippen LogP contribution in [0.3, 0.4) is 0 Å². The molecule has 0 spiro atoms. The molecule has 0 aliphatic carbocycles. The Balaban J connectivity index is 1.39. The lowest BCUT2D eigenvalue weighted by molar-refractivity contribution is -0.137. The summed E-state index contributed by atoms with van der Waals surface area (Å²) in [5.41, 5.74) is 1.17. The van der Waals surface area contributed by atoms with E-state index in [0.717, 1.165) is 37.7 Å². The Kier molecular flexibility index (Phi) is 6.52. The molecule has 0 radical (unpaired) electrons. The second kappa shape index (κ2) is 9.05. The van der Waals surface area contributed by atoms with E-state index in [4.69, 9.17) is 9.47 Å². The van der Waals surface area contributed by atoms with Gasteiger partial charge in [0.2, 0.25) is 18.6 Å². The summed E-state index contributed by atoms with van der Waals surface area (Å²) < 4.78 is 10.8. The normalized spacial score (nSPS) is 16.6. The van der Waals surface area contributed by atoms with Crippen LogP contribution < -0.4 is 14.8 Å². The van der Waals surface area contributed by atoms with Gasteiger partial charge in [-0.3, -0.25) is 14.5 Å². The Bertz CT molecular complexity index is 672. The van der Waals surface area contributed by atoms with Crippen molar-refractivity contribution in [2.75, 3.05) is 60.2 Å². The van der Waals surface area contributed by atoms with Gasteiger partial charge < -0.3 is 24.6 Å². The number of carbonyl (C=O) groups is 2. The Hall–Kier alpha value is -2.32. The topological polar surface area (TPSA) is 74.4 Å². The average molecular weight is 376 g/mol. The van der Waals surface area contributed by atoms with Crippen LogP contribution in [0.1, 0.15) is 12.0 Å². The van der Waals surface area contributed by atoms with E-state index in [2.05, 4.69) is 10.2 Å². The molecule has 2 aliphatic rings. The second-order valence-corrected chi connectivity index (χ2v) is 7.17. The number of rotatable bonds is 7. The van der Waals surface area contributed by atoms with Gasteiger partial charge in [0.25, 0.3) is 0 Å². The molecule has 2 aliphatic heterocycles. The van der Waals surface area contributed by atoms with Crippen LogP contribution in [-0.4, -0.2) is 86.7 Å². The van der Waals surface area contributed by atoms with Gasteiger partial charge in [-0.05, 0) is 31.8 Å². The van der Waals surface area contributed by atoms with Gasteiger partial charge in [-0.2, -0.15) is 0 Å². The number of ether oxygens (including phenoxy) is 2. The van der Waals surface area contributed by atoms with Crippen LogP contribution in [-0.2, 0) is 16.1 Å². The molecule has 1 N–H and O–H groups in total. The van der Waals surface area contributed by atoms with E-state index in [1.54, 1.807) is 4.90 Å². The van der Waals surface area contributed by atoms with Crippen LogP contribution in [0.5, 0.6) is 11.5 Å². The van der Waals surface area contributed by atoms with E-state index in [0.29, 0.717) is 19.6 Å². The molecule has 1 aromatic carbocycles. The van der Waals surface area contributed by atoms with Crippen LogP contribution in [0.4, 0.5) is 0 Å². The molecule has 1 saturated heterocycles. The van der Waals surface area contributed by atoms with E-state index in [1.807, 2.05) is 37.2 Å². The number of likely N-dealkylation sites (N-methyl/N-ethyl adjacent to an activating group) is 1. The van der Waals surface area contributed by atoms with Crippen molar-refractivity contribution in [3.63, 3.8) is 0 Å². The number of benzene rings is 1. The van der Waals surface area contributed by atoms with Gasteiger partial charge in [-0.15, -0.1) is 0 Å². The lowest BCUT2D eigenvalue weighted by atomic mass is 10.1. The Morgan fingerprint density at radius 1 is 1.11 bits per heavy atom. The molecule has 27 heavy (non-hydrogen) atoms. The van der Waals surface area contributed by atoms with Crippen LogP contribution >= 0.6 is 0 Å². The quantitative estimate of drug-likeness (QED) is 0.682. The second-order valence-electron chi connectivity index (χ2n) is 7.17. The van der Waals surface area contributed by atoms with Crippen molar-refractivity contribution >= 4 is 11.8 Å². The number of nitrogens with one attached hydrogen (secondary N) is 1. The van der Waals surface area contributed by atoms with Crippen molar-refractivity contribution < 1.29 is 19.1 Å². The third-order valence-electron chi connectivity index (χ3n) is 4.76. The molecule has 0 aromatic heterocycles. The minimum absolute atomic E-state index is 0.0738. The van der Waals surface area contributed by atoms with Gasteiger partial charge in [-0.1, -0.05) is 6.07 Å². The van der Waals surface area contributed by atoms with Crippen molar-refractivity contribution in [2.24, 2.45) is 0 Å². The molecule has 148 valence electrons. The molecule has 0 unspecified atom stereocenters. The van der Waals surface area contributed by atoms with Crippen molar-refractivity contribution in [2.45, 2.75) is 13.0 Å². The van der Waals surface area contributed by atoms with Crippen LogP contribution in [0.2, 0.25) is 0 Å². The zero-order chi connectivity index (χ0) is 19.2. The van der Waals surface area contributed by atoms with Crippen molar-refractivity contribution in [1.29, 1.82) is 0 Å². The molecule has 0 saturated carbocycles. The highest BCUT2D eigenvalue weighted by Crippen LogP contribution is 2.32. The maximum Gasteiger partial charge on any atom is 0.232 e. The number of amides is 2. The molecule has 2 heterocycles. The van der Waals surface area contributed by atoms with E-state index in [9.17, 15) is 9.59 Å². The highest BCUT2D eigenvalue weighted by atomic mass is 16.7. The summed E-state index contributed by atoms with van der Waals surface area (Å²) in [6.45, 7) is 5.29. The molecule has 8 nitrogen and oxygen atoms in total. The van der Waals surface area contributed by atoms with Crippen molar-refractivity contribution in [3.05, 3.63) is 23.8 Å². The Morgan fingerprint density at radius 3 is 2.59 bits per heavy atom. The lowest BCUT2D eigenvalue weighted by Crippen LogP contribution is -2.49. The molecule has 3 rings (SSSR count). The average Bonchev–Trinajstić information content (AvgIpc) is 3.09. The number of piperazine rings is 1. The van der Waals surface area contributed by atoms with E-state index in [-0.39, 0.29) is 25.0 Å². The summed E-state index contributed by atoms with van der Waals surface area (Å²) in [4.78, 5) is 30.2. The molecular weight excluding hydrogens is 348 g/mol. The van der Waals surface area contributed by atoms with Crippen LogP contribution in [0.25, 0.3) is 0 Å². The maximum atomic E-state index is 12.3. The van der Waals surface area contributed by atoms with Crippen molar-refractivity contribution in [1.82, 2.24) is 20.0 Å². The highest BCUT2D eigenvalue weighted by molar-refractivity contribution is 5.96. The number of nitrogens with zero attached hydrogens (tertiary/aromatic N) is 3. The molecule has 8 heteroatoms. The fraction of sp³-hybridized carbons (Fsp3) is 0.579. The van der Waals surface area contributed by atoms with Gasteiger partial charge in [-0.25, -0.2) is 0 Å². The molecule has 0 bridgehead atoms. The summed E-state index contributed by atoms with van der Waals surface area (Å²) in [7, 11) is 3.89. The number of hydrogen-bond acceptors (Lipinski definition) is 6. The Labute approximate surface area is 160 Å². The maximum absolute atomic E-state index is 12.3. The first kappa shape index (κ1) is 19.4. The summed E-state index contributed by atoms with van der Waals surface area (Å²) in [5.74, 6) is 1.28. The van der Waals surface area contributed by atoms with Gasteiger partial charge in [0.05, 0.1) is 0 Å². The third-order valence-corrected chi connectivity index (χ3v) is 4.76. The standard InChI is InChI=1S/C19H28N4O4/c1-21(2)6-5-20-18(24)12-19(25)23-9-7-22(8-10-23)13-15-3-4-16-17(11-15)27-14-26-16/h3-4,11H,5-10,12-14H2,1-2H3,(H,20,24). The molecule has 1 aromatic rings. The van der Waals surface area contributed by atoms with Gasteiger partial charge in [0.15, 0.2) is 11.5 Å². The molecular formula is C19H28N4O4. The predicted molar refractivity (Wildman–Crippen MR) is 101 cm³/mol.